The average Bonchev–Trinajstić information content (AvgIpc) is 2.74. The lowest BCUT2D eigenvalue weighted by atomic mass is 9.90. The molecule has 1 aromatic rings. The third kappa shape index (κ3) is 2.72. The second-order valence-electron chi connectivity index (χ2n) is 4.56. The molecule has 2 N–H and O–H groups in total. The molecule has 0 spiro atoms. The normalized spacial score (nSPS) is 25.0. The van der Waals surface area contributed by atoms with Gasteiger partial charge >= 0.3 is 0 Å². The average molecular weight is 317 g/mol. The summed E-state index contributed by atoms with van der Waals surface area (Å²) in [6.07, 6.45) is 2.24. The molecule has 0 unspecified atom stereocenters. The van der Waals surface area contributed by atoms with Gasteiger partial charge in [-0.2, -0.15) is 0 Å². The van der Waals surface area contributed by atoms with Crippen molar-refractivity contribution in [2.24, 2.45) is 11.7 Å². The number of nitrogens with two attached hydrogens (primary N) is 1. The molecule has 94 valence electrons. The molecule has 1 aliphatic heterocycles. The highest BCUT2D eigenvalue weighted by Gasteiger charge is 2.31. The van der Waals surface area contributed by atoms with E-state index >= 15 is 0 Å². The summed E-state index contributed by atoms with van der Waals surface area (Å²) in [4.78, 5) is 14.3. The van der Waals surface area contributed by atoms with Crippen molar-refractivity contribution >= 4 is 33.2 Å². The van der Waals surface area contributed by atoms with Crippen LogP contribution in [0.5, 0.6) is 0 Å². The fourth-order valence-corrected chi connectivity index (χ4v) is 3.58. The maximum absolute atomic E-state index is 12.4. The summed E-state index contributed by atoms with van der Waals surface area (Å²) in [5.74, 6) is 0.619. The summed E-state index contributed by atoms with van der Waals surface area (Å²) in [5.41, 5.74) is 6.58. The third-order valence-electron chi connectivity index (χ3n) is 3.43. The molecule has 5 heteroatoms. The number of rotatable bonds is 2. The molecule has 1 aliphatic rings. The van der Waals surface area contributed by atoms with Crippen molar-refractivity contribution in [1.29, 1.82) is 0 Å². The zero-order valence-electron chi connectivity index (χ0n) is 9.86. The van der Waals surface area contributed by atoms with Crippen molar-refractivity contribution in [1.82, 2.24) is 4.90 Å². The molecule has 3 nitrogen and oxygen atoms in total. The zero-order valence-corrected chi connectivity index (χ0v) is 12.3. The maximum atomic E-state index is 12.4. The summed E-state index contributed by atoms with van der Waals surface area (Å²) >= 11 is 4.94. The minimum atomic E-state index is 0.119. The summed E-state index contributed by atoms with van der Waals surface area (Å²) in [7, 11) is 0. The number of carbonyl (C=O) groups excluding carboxylic acids is 1. The monoisotopic (exact) mass is 316 g/mol. The van der Waals surface area contributed by atoms with Crippen LogP contribution in [0.2, 0.25) is 0 Å². The molecule has 0 aliphatic carbocycles. The van der Waals surface area contributed by atoms with Gasteiger partial charge in [0.25, 0.3) is 5.91 Å². The Morgan fingerprint density at radius 3 is 3.06 bits per heavy atom. The lowest BCUT2D eigenvalue weighted by Crippen LogP contribution is -2.51. The van der Waals surface area contributed by atoms with E-state index in [1.807, 2.05) is 16.3 Å². The Kier molecular flexibility index (Phi) is 4.22. The van der Waals surface area contributed by atoms with Crippen molar-refractivity contribution in [2.75, 3.05) is 13.1 Å². The van der Waals surface area contributed by atoms with Crippen LogP contribution in [0, 0.1) is 5.92 Å². The number of amides is 1. The fourth-order valence-electron chi connectivity index (χ4n) is 2.45. The molecule has 2 heterocycles. The first kappa shape index (κ1) is 13.1. The number of thiophene rings is 1. The molecule has 0 radical (unpaired) electrons. The van der Waals surface area contributed by atoms with E-state index in [0.717, 1.165) is 22.3 Å². The highest BCUT2D eigenvalue weighted by molar-refractivity contribution is 9.11. The first-order valence-corrected chi connectivity index (χ1v) is 7.56. The first-order valence-electron chi connectivity index (χ1n) is 5.88. The quantitative estimate of drug-likeness (QED) is 0.911. The van der Waals surface area contributed by atoms with Gasteiger partial charge in [0.2, 0.25) is 0 Å². The number of hydrogen-bond donors (Lipinski definition) is 1. The van der Waals surface area contributed by atoms with Crippen LogP contribution in [-0.4, -0.2) is 29.9 Å². The van der Waals surface area contributed by atoms with Gasteiger partial charge in [-0.3, -0.25) is 4.79 Å². The Bertz CT molecular complexity index is 407. The van der Waals surface area contributed by atoms with Crippen molar-refractivity contribution in [3.05, 3.63) is 20.8 Å². The van der Waals surface area contributed by atoms with Gasteiger partial charge in [-0.1, -0.05) is 6.92 Å². The molecule has 1 aromatic heterocycles. The highest BCUT2D eigenvalue weighted by atomic mass is 79.9. The standard InChI is InChI=1S/C12H17BrN2OS/c1-8-3-2-4-15(10(8)6-14)12(16)9-5-11(13)17-7-9/h5,7-8,10H,2-4,6,14H2,1H3/t8-,10-/m0/s1. The molecule has 1 fully saturated rings. The number of halogens is 1. The molecule has 2 rings (SSSR count). The van der Waals surface area contributed by atoms with Gasteiger partial charge in [0.1, 0.15) is 0 Å². The van der Waals surface area contributed by atoms with E-state index in [-0.39, 0.29) is 11.9 Å². The van der Waals surface area contributed by atoms with Crippen LogP contribution in [-0.2, 0) is 0 Å². The Morgan fingerprint density at radius 1 is 1.71 bits per heavy atom. The molecule has 0 bridgehead atoms. The smallest absolute Gasteiger partial charge is 0.255 e. The molecule has 0 aromatic carbocycles. The fraction of sp³-hybridized carbons (Fsp3) is 0.583. The van der Waals surface area contributed by atoms with Crippen molar-refractivity contribution in [2.45, 2.75) is 25.8 Å². The van der Waals surface area contributed by atoms with Crippen molar-refractivity contribution < 1.29 is 4.79 Å². The van der Waals surface area contributed by atoms with Crippen LogP contribution < -0.4 is 5.73 Å². The van der Waals surface area contributed by atoms with E-state index in [1.165, 1.54) is 6.42 Å². The summed E-state index contributed by atoms with van der Waals surface area (Å²) in [5, 5.41) is 1.90. The van der Waals surface area contributed by atoms with E-state index in [4.69, 9.17) is 5.73 Å². The zero-order chi connectivity index (χ0) is 12.4. The summed E-state index contributed by atoms with van der Waals surface area (Å²) in [6.45, 7) is 3.57. The predicted octanol–water partition coefficient (Wildman–Crippen LogP) is 2.71. The molecule has 17 heavy (non-hydrogen) atoms. The Morgan fingerprint density at radius 2 is 2.47 bits per heavy atom. The minimum Gasteiger partial charge on any atom is -0.334 e. The number of carbonyl (C=O) groups is 1. The second kappa shape index (κ2) is 5.50. The number of nitrogens with zero attached hydrogens (tertiary/aromatic N) is 1. The van der Waals surface area contributed by atoms with Gasteiger partial charge in [-0.05, 0) is 40.8 Å². The van der Waals surface area contributed by atoms with Crippen molar-refractivity contribution in [3.63, 3.8) is 0 Å². The third-order valence-corrected chi connectivity index (χ3v) is 4.94. The molecule has 2 atom stereocenters. The van der Waals surface area contributed by atoms with Gasteiger partial charge in [0.05, 0.1) is 9.35 Å². The van der Waals surface area contributed by atoms with E-state index in [9.17, 15) is 4.79 Å². The molecule has 0 saturated carbocycles. The summed E-state index contributed by atoms with van der Waals surface area (Å²) < 4.78 is 0.996. The van der Waals surface area contributed by atoms with Gasteiger partial charge in [0.15, 0.2) is 0 Å². The Balaban J connectivity index is 2.17. The Hall–Kier alpha value is -0.390. The van der Waals surface area contributed by atoms with Gasteiger partial charge in [-0.15, -0.1) is 11.3 Å². The van der Waals surface area contributed by atoms with Crippen LogP contribution in [0.4, 0.5) is 0 Å². The SMILES string of the molecule is C[C@H]1CCCN(C(=O)c2csc(Br)c2)[C@H]1CN. The van der Waals surface area contributed by atoms with Gasteiger partial charge in [-0.25, -0.2) is 0 Å². The van der Waals surface area contributed by atoms with E-state index in [2.05, 4.69) is 22.9 Å². The predicted molar refractivity (Wildman–Crippen MR) is 74.3 cm³/mol. The largest absolute Gasteiger partial charge is 0.334 e. The van der Waals surface area contributed by atoms with E-state index in [1.54, 1.807) is 11.3 Å². The minimum absolute atomic E-state index is 0.119. The molecule has 1 amide bonds. The van der Waals surface area contributed by atoms with E-state index in [0.29, 0.717) is 12.5 Å². The van der Waals surface area contributed by atoms with Gasteiger partial charge < -0.3 is 10.6 Å². The van der Waals surface area contributed by atoms with Crippen LogP contribution in [0.3, 0.4) is 0 Å². The first-order chi connectivity index (χ1) is 8.13. The highest BCUT2D eigenvalue weighted by Crippen LogP contribution is 2.27. The second-order valence-corrected chi connectivity index (χ2v) is 6.85. The Labute approximate surface area is 114 Å². The van der Waals surface area contributed by atoms with E-state index < -0.39 is 0 Å². The summed E-state index contributed by atoms with van der Waals surface area (Å²) in [6, 6.07) is 2.08. The number of likely N-dealkylation sites (tertiary alicyclic amines) is 1. The van der Waals surface area contributed by atoms with Crippen LogP contribution in [0.1, 0.15) is 30.1 Å². The maximum Gasteiger partial charge on any atom is 0.255 e. The van der Waals surface area contributed by atoms with Crippen LogP contribution in [0.15, 0.2) is 15.2 Å². The molecule has 1 saturated heterocycles. The number of hydrogen-bond acceptors (Lipinski definition) is 3. The molecular weight excluding hydrogens is 300 g/mol. The molecular formula is C12H17BrN2OS. The lowest BCUT2D eigenvalue weighted by molar-refractivity contribution is 0.0533. The van der Waals surface area contributed by atoms with Crippen molar-refractivity contribution in [3.8, 4) is 0 Å². The number of piperidine rings is 1. The van der Waals surface area contributed by atoms with Gasteiger partial charge in [0, 0.05) is 24.5 Å². The van der Waals surface area contributed by atoms with Crippen LogP contribution >= 0.6 is 27.3 Å². The van der Waals surface area contributed by atoms with Crippen LogP contribution in [0.25, 0.3) is 0 Å². The lowest BCUT2D eigenvalue weighted by Gasteiger charge is -2.39. The topological polar surface area (TPSA) is 46.3 Å².